The molecule has 0 N–H and O–H groups in total. The third kappa shape index (κ3) is 3.71. The zero-order valence-corrected chi connectivity index (χ0v) is 16.2. The summed E-state index contributed by atoms with van der Waals surface area (Å²) < 4.78 is 13.0. The highest BCUT2D eigenvalue weighted by Gasteiger charge is 2.22. The molecule has 0 aliphatic carbocycles. The second kappa shape index (κ2) is 7.85. The molecule has 1 aromatic heterocycles. The van der Waals surface area contributed by atoms with E-state index in [1.807, 2.05) is 17.0 Å². The number of carbonyl (C=O) groups excluding carboxylic acids is 1. The lowest BCUT2D eigenvalue weighted by Crippen LogP contribution is -2.36. The van der Waals surface area contributed by atoms with Gasteiger partial charge in [0, 0.05) is 37.4 Å². The van der Waals surface area contributed by atoms with E-state index >= 15 is 0 Å². The first-order valence-electron chi connectivity index (χ1n) is 9.17. The molecule has 5 heteroatoms. The van der Waals surface area contributed by atoms with Crippen molar-refractivity contribution in [3.63, 3.8) is 0 Å². The highest BCUT2D eigenvalue weighted by atomic mass is 16.5. The van der Waals surface area contributed by atoms with E-state index in [4.69, 9.17) is 9.47 Å². The predicted octanol–water partition coefficient (Wildman–Crippen LogP) is 3.49. The highest BCUT2D eigenvalue weighted by molar-refractivity contribution is 5.76. The summed E-state index contributed by atoms with van der Waals surface area (Å²) in [6.07, 6.45) is 2.31. The van der Waals surface area contributed by atoms with Crippen molar-refractivity contribution in [3.8, 4) is 11.5 Å². The van der Waals surface area contributed by atoms with Gasteiger partial charge in [0.25, 0.3) is 0 Å². The fourth-order valence-electron chi connectivity index (χ4n) is 3.69. The first-order chi connectivity index (χ1) is 12.5. The van der Waals surface area contributed by atoms with Crippen LogP contribution in [0.1, 0.15) is 35.4 Å². The van der Waals surface area contributed by atoms with Crippen LogP contribution in [0, 0.1) is 13.8 Å². The van der Waals surface area contributed by atoms with Crippen LogP contribution in [0.3, 0.4) is 0 Å². The third-order valence-electron chi connectivity index (χ3n) is 5.26. The minimum atomic E-state index is 0.230. The number of methoxy groups -OCH3 is 2. The van der Waals surface area contributed by atoms with Crippen molar-refractivity contribution in [2.24, 2.45) is 0 Å². The first kappa shape index (κ1) is 18.4. The summed E-state index contributed by atoms with van der Waals surface area (Å²) in [5, 5.41) is 0. The number of aryl methyl sites for hydroxylation is 2. The lowest BCUT2D eigenvalue weighted by molar-refractivity contribution is -0.132. The Bertz CT molecular complexity index is 775. The van der Waals surface area contributed by atoms with Crippen LogP contribution in [0.2, 0.25) is 0 Å². The maximum atomic E-state index is 12.6. The lowest BCUT2D eigenvalue weighted by Gasteiger charge is -2.30. The topological polar surface area (TPSA) is 43.7 Å². The van der Waals surface area contributed by atoms with Gasteiger partial charge in [-0.15, -0.1) is 0 Å². The molecule has 0 saturated carbocycles. The van der Waals surface area contributed by atoms with Crippen LogP contribution in [0.25, 0.3) is 0 Å². The first-order valence-corrected chi connectivity index (χ1v) is 9.17. The molecule has 0 spiro atoms. The summed E-state index contributed by atoms with van der Waals surface area (Å²) in [5.74, 6) is 1.70. The Balaban J connectivity index is 1.60. The molecular formula is C21H28N2O3. The van der Waals surface area contributed by atoms with Crippen molar-refractivity contribution in [2.75, 3.05) is 20.8 Å². The highest BCUT2D eigenvalue weighted by Crippen LogP contribution is 2.33. The van der Waals surface area contributed by atoms with Crippen LogP contribution in [-0.2, 0) is 24.3 Å². The minimum absolute atomic E-state index is 0.230. The van der Waals surface area contributed by atoms with Crippen molar-refractivity contribution in [1.82, 2.24) is 9.47 Å². The van der Waals surface area contributed by atoms with E-state index in [2.05, 4.69) is 30.5 Å². The number of ether oxygens (including phenoxy) is 2. The monoisotopic (exact) mass is 356 g/mol. The standard InChI is InChI=1S/C21H28N2O3/c1-15-7-8-16(2)23(15)10-5-6-21(24)22-11-9-17-12-19(25-3)20(26-4)13-18(17)14-22/h7-8,12-13H,5-6,9-11,14H2,1-4H3. The van der Waals surface area contributed by atoms with Gasteiger partial charge < -0.3 is 18.9 Å². The molecular weight excluding hydrogens is 328 g/mol. The normalized spacial score (nSPS) is 13.5. The summed E-state index contributed by atoms with van der Waals surface area (Å²) in [7, 11) is 3.29. The minimum Gasteiger partial charge on any atom is -0.493 e. The molecule has 140 valence electrons. The summed E-state index contributed by atoms with van der Waals surface area (Å²) in [6.45, 7) is 6.53. The molecule has 26 heavy (non-hydrogen) atoms. The molecule has 0 saturated heterocycles. The second-order valence-electron chi connectivity index (χ2n) is 6.91. The molecule has 1 amide bonds. The smallest absolute Gasteiger partial charge is 0.222 e. The van der Waals surface area contributed by atoms with Gasteiger partial charge in [-0.1, -0.05) is 0 Å². The van der Waals surface area contributed by atoms with E-state index in [1.165, 1.54) is 17.0 Å². The van der Waals surface area contributed by atoms with Crippen molar-refractivity contribution in [1.29, 1.82) is 0 Å². The van der Waals surface area contributed by atoms with Crippen LogP contribution in [0.5, 0.6) is 11.5 Å². The molecule has 0 bridgehead atoms. The number of fused-ring (bicyclic) bond motifs is 1. The summed E-state index contributed by atoms with van der Waals surface area (Å²) >= 11 is 0. The van der Waals surface area contributed by atoms with E-state index in [0.717, 1.165) is 43.0 Å². The van der Waals surface area contributed by atoms with Crippen LogP contribution in [0.15, 0.2) is 24.3 Å². The Morgan fingerprint density at radius 2 is 1.65 bits per heavy atom. The van der Waals surface area contributed by atoms with Crippen LogP contribution in [0.4, 0.5) is 0 Å². The van der Waals surface area contributed by atoms with Gasteiger partial charge >= 0.3 is 0 Å². The number of benzene rings is 1. The second-order valence-corrected chi connectivity index (χ2v) is 6.91. The van der Waals surface area contributed by atoms with E-state index < -0.39 is 0 Å². The number of nitrogens with zero attached hydrogens (tertiary/aromatic N) is 2. The Kier molecular flexibility index (Phi) is 5.55. The van der Waals surface area contributed by atoms with Gasteiger partial charge in [-0.3, -0.25) is 4.79 Å². The van der Waals surface area contributed by atoms with Gasteiger partial charge in [0.1, 0.15) is 0 Å². The SMILES string of the molecule is COc1cc2c(cc1OC)CN(C(=O)CCCn1c(C)ccc1C)CC2. The number of rotatable bonds is 6. The summed E-state index contributed by atoms with van der Waals surface area (Å²) in [5.41, 5.74) is 4.90. The number of carbonyl (C=O) groups is 1. The zero-order chi connectivity index (χ0) is 18.7. The maximum Gasteiger partial charge on any atom is 0.222 e. The fraction of sp³-hybridized carbons (Fsp3) is 0.476. The fourth-order valence-corrected chi connectivity index (χ4v) is 3.69. The average molecular weight is 356 g/mol. The number of aromatic nitrogens is 1. The van der Waals surface area contributed by atoms with E-state index in [0.29, 0.717) is 13.0 Å². The molecule has 0 atom stereocenters. The number of hydrogen-bond acceptors (Lipinski definition) is 3. The average Bonchev–Trinajstić information content (AvgIpc) is 2.98. The molecule has 2 heterocycles. The van der Waals surface area contributed by atoms with Crippen molar-refractivity contribution >= 4 is 5.91 Å². The number of amides is 1. The molecule has 0 fully saturated rings. The lowest BCUT2D eigenvalue weighted by atomic mass is 9.98. The predicted molar refractivity (Wildman–Crippen MR) is 102 cm³/mol. The quantitative estimate of drug-likeness (QED) is 0.796. The van der Waals surface area contributed by atoms with Gasteiger partial charge in [-0.2, -0.15) is 0 Å². The summed E-state index contributed by atoms with van der Waals surface area (Å²) in [4.78, 5) is 14.6. The van der Waals surface area contributed by atoms with E-state index in [-0.39, 0.29) is 5.91 Å². The van der Waals surface area contributed by atoms with Crippen LogP contribution >= 0.6 is 0 Å². The Labute approximate surface area is 155 Å². The Morgan fingerprint density at radius 3 is 2.27 bits per heavy atom. The van der Waals surface area contributed by atoms with Gasteiger partial charge in [0.15, 0.2) is 11.5 Å². The van der Waals surface area contributed by atoms with Crippen LogP contribution in [-0.4, -0.2) is 36.1 Å². The van der Waals surface area contributed by atoms with Crippen molar-refractivity contribution in [2.45, 2.75) is 46.2 Å². The van der Waals surface area contributed by atoms with E-state index in [9.17, 15) is 4.79 Å². The van der Waals surface area contributed by atoms with E-state index in [1.54, 1.807) is 14.2 Å². The van der Waals surface area contributed by atoms with Gasteiger partial charge in [-0.25, -0.2) is 0 Å². The van der Waals surface area contributed by atoms with Gasteiger partial charge in [0.05, 0.1) is 14.2 Å². The Morgan fingerprint density at radius 1 is 1.04 bits per heavy atom. The third-order valence-corrected chi connectivity index (χ3v) is 5.26. The molecule has 2 aromatic rings. The Hall–Kier alpha value is -2.43. The zero-order valence-electron chi connectivity index (χ0n) is 16.2. The van der Waals surface area contributed by atoms with Gasteiger partial charge in [0.2, 0.25) is 5.91 Å². The molecule has 1 aliphatic rings. The van der Waals surface area contributed by atoms with Crippen molar-refractivity contribution < 1.29 is 14.3 Å². The van der Waals surface area contributed by atoms with Crippen molar-refractivity contribution in [3.05, 3.63) is 46.8 Å². The largest absolute Gasteiger partial charge is 0.493 e. The molecule has 1 aliphatic heterocycles. The molecule has 3 rings (SSSR count). The number of hydrogen-bond donors (Lipinski definition) is 0. The molecule has 0 unspecified atom stereocenters. The van der Waals surface area contributed by atoms with Crippen LogP contribution < -0.4 is 9.47 Å². The molecule has 5 nitrogen and oxygen atoms in total. The molecule has 0 radical (unpaired) electrons. The summed E-state index contributed by atoms with van der Waals surface area (Å²) in [6, 6.07) is 8.29. The van der Waals surface area contributed by atoms with Gasteiger partial charge in [-0.05, 0) is 62.1 Å². The maximum absolute atomic E-state index is 12.6. The molecule has 1 aromatic carbocycles.